The minimum absolute atomic E-state index is 0.186. The Balaban J connectivity index is 2.83. The summed E-state index contributed by atoms with van der Waals surface area (Å²) in [4.78, 5) is 0. The van der Waals surface area contributed by atoms with Gasteiger partial charge in [-0.2, -0.15) is 4.52 Å². The third kappa shape index (κ3) is 5.89. The number of hydrogen-bond acceptors (Lipinski definition) is 1. The zero-order chi connectivity index (χ0) is 23.6. The van der Waals surface area contributed by atoms with Crippen molar-refractivity contribution in [2.24, 2.45) is 9.26 Å². The summed E-state index contributed by atoms with van der Waals surface area (Å²) in [7, 11) is 10.7. The lowest BCUT2D eigenvalue weighted by molar-refractivity contribution is 0.327. The van der Waals surface area contributed by atoms with Crippen LogP contribution < -0.4 is 0 Å². The van der Waals surface area contributed by atoms with Gasteiger partial charge in [0.05, 0.1) is 5.54 Å². The molecular weight excluding hydrogens is 424 g/mol. The Kier molecular flexibility index (Phi) is 8.77. The molecule has 0 aromatic heterocycles. The smallest absolute Gasteiger partial charge is 0.214 e. The summed E-state index contributed by atoms with van der Waals surface area (Å²) < 4.78 is 23.4. The van der Waals surface area contributed by atoms with Gasteiger partial charge in [-0.1, -0.05) is 29.8 Å². The van der Waals surface area contributed by atoms with E-state index < -0.39 is 15.0 Å². The van der Waals surface area contributed by atoms with Crippen LogP contribution in [-0.4, -0.2) is 91.3 Å². The Bertz CT molecular complexity index is 810. The standard InChI is InChI=1S/C22H45N7P2/c1-20-13-15-21(16-14-20)19-29-18-12-17-28(11)30(29,23-22(2,3)4)24-31(25(5)6,26(7)8)27(9)10/h13-16H,12,17-19H2,1-11H3. The highest BCUT2D eigenvalue weighted by Crippen LogP contribution is 2.70. The van der Waals surface area contributed by atoms with E-state index in [9.17, 15) is 0 Å². The maximum atomic E-state index is 5.84. The second kappa shape index (κ2) is 10.2. The molecule has 31 heavy (non-hydrogen) atoms. The van der Waals surface area contributed by atoms with Crippen LogP contribution in [0.5, 0.6) is 0 Å². The maximum absolute atomic E-state index is 5.84. The SMILES string of the molecule is Cc1ccc(CN2CCCN(C)P2(=NC(C)(C)C)N=P(N(C)C)(N(C)C)N(C)C)cc1. The summed E-state index contributed by atoms with van der Waals surface area (Å²) in [6.07, 6.45) is 1.14. The molecule has 0 spiro atoms. The van der Waals surface area contributed by atoms with Gasteiger partial charge >= 0.3 is 0 Å². The molecule has 9 heteroatoms. The number of nitrogens with zero attached hydrogens (tertiary/aromatic N) is 7. The van der Waals surface area contributed by atoms with E-state index in [4.69, 9.17) is 9.26 Å². The van der Waals surface area contributed by atoms with Gasteiger partial charge < -0.3 is 0 Å². The molecule has 1 aliphatic heterocycles. The summed E-state index contributed by atoms with van der Waals surface area (Å²) in [5, 5.41) is 0. The minimum Gasteiger partial charge on any atom is -0.252 e. The molecule has 1 atom stereocenters. The summed E-state index contributed by atoms with van der Waals surface area (Å²) in [6.45, 7) is 11.7. The van der Waals surface area contributed by atoms with Crippen LogP contribution in [0, 0.1) is 6.92 Å². The van der Waals surface area contributed by atoms with E-state index in [0.717, 1.165) is 26.1 Å². The predicted molar refractivity (Wildman–Crippen MR) is 138 cm³/mol. The summed E-state index contributed by atoms with van der Waals surface area (Å²) in [5.41, 5.74) is 2.44. The van der Waals surface area contributed by atoms with Crippen molar-refractivity contribution >= 4 is 15.0 Å². The number of benzene rings is 1. The largest absolute Gasteiger partial charge is 0.252 e. The highest BCUT2D eigenvalue weighted by Gasteiger charge is 2.42. The van der Waals surface area contributed by atoms with Gasteiger partial charge in [-0.3, -0.25) is 14.0 Å². The summed E-state index contributed by atoms with van der Waals surface area (Å²) in [6, 6.07) is 8.92. The Morgan fingerprint density at radius 1 is 0.935 bits per heavy atom. The second-order valence-corrected chi connectivity index (χ2v) is 16.8. The normalized spacial score (nSPS) is 21.9. The van der Waals surface area contributed by atoms with Crippen LogP contribution in [0.4, 0.5) is 0 Å². The van der Waals surface area contributed by atoms with Crippen LogP contribution in [0.2, 0.25) is 0 Å². The Morgan fingerprint density at radius 2 is 1.45 bits per heavy atom. The van der Waals surface area contributed by atoms with Gasteiger partial charge in [0.15, 0.2) is 7.51 Å². The van der Waals surface area contributed by atoms with E-state index in [1.54, 1.807) is 0 Å². The van der Waals surface area contributed by atoms with Crippen LogP contribution in [0.25, 0.3) is 0 Å². The topological polar surface area (TPSA) is 40.9 Å². The first-order chi connectivity index (χ1) is 14.2. The monoisotopic (exact) mass is 469 g/mol. The van der Waals surface area contributed by atoms with Crippen molar-refractivity contribution in [3.63, 3.8) is 0 Å². The third-order valence-electron chi connectivity index (χ3n) is 5.51. The second-order valence-electron chi connectivity index (χ2n) is 10.1. The van der Waals surface area contributed by atoms with Crippen molar-refractivity contribution in [1.29, 1.82) is 0 Å². The quantitative estimate of drug-likeness (QED) is 0.514. The first kappa shape index (κ1) is 26.7. The highest BCUT2D eigenvalue weighted by atomic mass is 31.2. The molecule has 1 unspecified atom stereocenters. The molecule has 0 N–H and O–H groups in total. The lowest BCUT2D eigenvalue weighted by Gasteiger charge is -2.49. The van der Waals surface area contributed by atoms with Gasteiger partial charge in [0.1, 0.15) is 0 Å². The van der Waals surface area contributed by atoms with Crippen molar-refractivity contribution in [2.45, 2.75) is 46.2 Å². The van der Waals surface area contributed by atoms with E-state index in [-0.39, 0.29) is 5.54 Å². The Hall–Kier alpha value is -0.520. The third-order valence-corrected chi connectivity index (χ3v) is 13.7. The molecule has 7 nitrogen and oxygen atoms in total. The molecule has 0 radical (unpaired) electrons. The van der Waals surface area contributed by atoms with E-state index in [2.05, 4.69) is 125 Å². The molecule has 1 aromatic rings. The molecule has 1 aliphatic rings. The first-order valence-electron chi connectivity index (χ1n) is 11.1. The molecular formula is C22H45N7P2. The molecule has 0 amide bonds. The van der Waals surface area contributed by atoms with Crippen molar-refractivity contribution in [2.75, 3.05) is 62.4 Å². The molecule has 1 aromatic carbocycles. The van der Waals surface area contributed by atoms with Crippen molar-refractivity contribution in [1.82, 2.24) is 23.4 Å². The molecule has 0 saturated carbocycles. The minimum atomic E-state index is -2.33. The van der Waals surface area contributed by atoms with Crippen LogP contribution in [-0.2, 0) is 6.54 Å². The zero-order valence-electron chi connectivity index (χ0n) is 21.7. The predicted octanol–water partition coefficient (Wildman–Crippen LogP) is 5.51. The van der Waals surface area contributed by atoms with E-state index >= 15 is 0 Å². The van der Waals surface area contributed by atoms with Crippen LogP contribution in [0.15, 0.2) is 33.5 Å². The molecule has 1 fully saturated rings. The van der Waals surface area contributed by atoms with Gasteiger partial charge in [0.25, 0.3) is 0 Å². The van der Waals surface area contributed by atoms with Gasteiger partial charge in [0.2, 0.25) is 7.51 Å². The molecule has 0 aliphatic carbocycles. The first-order valence-corrected chi connectivity index (χ1v) is 14.3. The number of aryl methyl sites for hydroxylation is 1. The van der Waals surface area contributed by atoms with Gasteiger partial charge in [-0.25, -0.2) is 14.1 Å². The summed E-state index contributed by atoms with van der Waals surface area (Å²) >= 11 is 0. The zero-order valence-corrected chi connectivity index (χ0v) is 23.5. The lowest BCUT2D eigenvalue weighted by Crippen LogP contribution is -2.39. The fourth-order valence-electron chi connectivity index (χ4n) is 4.21. The average Bonchev–Trinajstić information content (AvgIpc) is 2.63. The average molecular weight is 470 g/mol. The summed E-state index contributed by atoms with van der Waals surface area (Å²) in [5.74, 6) is 0. The Morgan fingerprint density at radius 3 is 1.90 bits per heavy atom. The highest BCUT2D eigenvalue weighted by molar-refractivity contribution is 7.71. The van der Waals surface area contributed by atoms with Crippen molar-refractivity contribution < 1.29 is 0 Å². The fourth-order valence-corrected chi connectivity index (χ4v) is 13.4. The number of rotatable bonds is 6. The lowest BCUT2D eigenvalue weighted by atomic mass is 10.1. The molecule has 2 rings (SSSR count). The van der Waals surface area contributed by atoms with Crippen LogP contribution in [0.1, 0.15) is 38.3 Å². The van der Waals surface area contributed by atoms with E-state index in [0.29, 0.717) is 0 Å². The maximum Gasteiger partial charge on any atom is 0.214 e. The molecule has 0 bridgehead atoms. The van der Waals surface area contributed by atoms with Crippen LogP contribution in [0.3, 0.4) is 0 Å². The molecule has 178 valence electrons. The fraction of sp³-hybridized carbons (Fsp3) is 0.727. The molecule has 1 heterocycles. The van der Waals surface area contributed by atoms with Gasteiger partial charge in [0, 0.05) is 19.6 Å². The van der Waals surface area contributed by atoms with E-state index in [1.165, 1.54) is 11.1 Å². The van der Waals surface area contributed by atoms with Gasteiger partial charge in [-0.15, -0.1) is 0 Å². The van der Waals surface area contributed by atoms with E-state index in [1.807, 2.05) is 0 Å². The van der Waals surface area contributed by atoms with Gasteiger partial charge in [-0.05, 0) is 89.0 Å². The molecule has 1 saturated heterocycles. The van der Waals surface area contributed by atoms with Crippen LogP contribution >= 0.6 is 15.0 Å². The number of hydrogen-bond donors (Lipinski definition) is 0. The Labute approximate surface area is 191 Å². The van der Waals surface area contributed by atoms with Crippen molar-refractivity contribution in [3.8, 4) is 0 Å². The van der Waals surface area contributed by atoms with Crippen molar-refractivity contribution in [3.05, 3.63) is 35.4 Å².